The van der Waals surface area contributed by atoms with E-state index in [0.717, 1.165) is 5.69 Å². The molecule has 72 valence electrons. The topological polar surface area (TPSA) is 32.3 Å². The summed E-state index contributed by atoms with van der Waals surface area (Å²) in [6.45, 7) is 6.19. The number of benzene rings is 1. The van der Waals surface area contributed by atoms with E-state index in [1.165, 1.54) is 5.56 Å². The molecule has 0 amide bonds. The largest absolute Gasteiger partial charge is 0.389 e. The van der Waals surface area contributed by atoms with Gasteiger partial charge in [0.05, 0.1) is 5.60 Å². The Balaban J connectivity index is 2.55. The van der Waals surface area contributed by atoms with E-state index >= 15 is 0 Å². The molecule has 0 heterocycles. The van der Waals surface area contributed by atoms with Gasteiger partial charge >= 0.3 is 0 Å². The third kappa shape index (κ3) is 3.95. The van der Waals surface area contributed by atoms with Gasteiger partial charge in [-0.1, -0.05) is 12.1 Å². The second-order valence-corrected chi connectivity index (χ2v) is 4.04. The average Bonchev–Trinajstić information content (AvgIpc) is 2.00. The smallest absolute Gasteiger partial charge is 0.0763 e. The van der Waals surface area contributed by atoms with Crippen LogP contribution in [0.3, 0.4) is 0 Å². The maximum Gasteiger partial charge on any atom is 0.0763 e. The normalized spacial score (nSPS) is 11.4. The van der Waals surface area contributed by atoms with Gasteiger partial charge in [-0.3, -0.25) is 0 Å². The molecule has 0 aliphatic carbocycles. The molecular weight excluding hydrogens is 162 g/mol. The van der Waals surface area contributed by atoms with E-state index in [2.05, 4.69) is 24.4 Å². The summed E-state index contributed by atoms with van der Waals surface area (Å²) in [5.74, 6) is 0. The molecule has 0 aliphatic heterocycles. The second-order valence-electron chi connectivity index (χ2n) is 4.04. The molecule has 1 aromatic rings. The number of anilines is 1. The number of hydrogen-bond donors (Lipinski definition) is 2. The maximum absolute atomic E-state index is 9.49. The van der Waals surface area contributed by atoms with Crippen molar-refractivity contribution in [2.45, 2.75) is 26.4 Å². The lowest BCUT2D eigenvalue weighted by atomic mass is 10.1. The summed E-state index contributed by atoms with van der Waals surface area (Å²) < 4.78 is 0. The van der Waals surface area contributed by atoms with E-state index in [4.69, 9.17) is 0 Å². The van der Waals surface area contributed by atoms with Gasteiger partial charge in [0, 0.05) is 12.2 Å². The Kier molecular flexibility index (Phi) is 2.94. The van der Waals surface area contributed by atoms with Crippen LogP contribution in [0.5, 0.6) is 0 Å². The quantitative estimate of drug-likeness (QED) is 0.745. The highest BCUT2D eigenvalue weighted by molar-refractivity contribution is 5.45. The first-order valence-corrected chi connectivity index (χ1v) is 4.50. The highest BCUT2D eigenvalue weighted by atomic mass is 16.3. The molecule has 1 aromatic carbocycles. The first-order valence-electron chi connectivity index (χ1n) is 4.50. The lowest BCUT2D eigenvalue weighted by molar-refractivity contribution is 0.0945. The minimum Gasteiger partial charge on any atom is -0.389 e. The van der Waals surface area contributed by atoms with Crippen molar-refractivity contribution in [3.8, 4) is 0 Å². The molecule has 0 aromatic heterocycles. The van der Waals surface area contributed by atoms with Gasteiger partial charge in [0.15, 0.2) is 0 Å². The van der Waals surface area contributed by atoms with E-state index in [1.54, 1.807) is 13.8 Å². The van der Waals surface area contributed by atoms with Gasteiger partial charge < -0.3 is 10.4 Å². The van der Waals surface area contributed by atoms with E-state index in [-0.39, 0.29) is 0 Å². The third-order valence-electron chi connectivity index (χ3n) is 1.74. The average molecular weight is 179 g/mol. The standard InChI is InChI=1S/C11H17NO/c1-9-5-4-6-10(7-9)12-8-11(2,3)13/h4-7,12-13H,8H2,1-3H3. The lowest BCUT2D eigenvalue weighted by Crippen LogP contribution is -2.29. The second kappa shape index (κ2) is 3.79. The van der Waals surface area contributed by atoms with Crippen molar-refractivity contribution < 1.29 is 5.11 Å². The van der Waals surface area contributed by atoms with Gasteiger partial charge in [0.2, 0.25) is 0 Å². The molecule has 13 heavy (non-hydrogen) atoms. The summed E-state index contributed by atoms with van der Waals surface area (Å²) in [5.41, 5.74) is 1.62. The SMILES string of the molecule is Cc1cccc(NCC(C)(C)O)c1. The van der Waals surface area contributed by atoms with Crippen LogP contribution in [0.15, 0.2) is 24.3 Å². The van der Waals surface area contributed by atoms with Crippen molar-refractivity contribution in [2.24, 2.45) is 0 Å². The molecule has 0 spiro atoms. The van der Waals surface area contributed by atoms with Crippen LogP contribution in [-0.4, -0.2) is 17.3 Å². The zero-order chi connectivity index (χ0) is 9.90. The van der Waals surface area contributed by atoms with Crippen LogP contribution < -0.4 is 5.32 Å². The molecule has 0 fully saturated rings. The van der Waals surface area contributed by atoms with E-state index < -0.39 is 5.60 Å². The zero-order valence-electron chi connectivity index (χ0n) is 8.46. The predicted molar refractivity (Wildman–Crippen MR) is 56.0 cm³/mol. The molecule has 1 rings (SSSR count). The Bertz CT molecular complexity index is 276. The fourth-order valence-electron chi connectivity index (χ4n) is 1.07. The van der Waals surface area contributed by atoms with E-state index in [9.17, 15) is 5.11 Å². The number of aryl methyl sites for hydroxylation is 1. The zero-order valence-corrected chi connectivity index (χ0v) is 8.46. The molecule has 0 aliphatic rings. The van der Waals surface area contributed by atoms with Crippen molar-refractivity contribution in [2.75, 3.05) is 11.9 Å². The predicted octanol–water partition coefficient (Wildman–Crippen LogP) is 2.18. The van der Waals surface area contributed by atoms with Crippen LogP contribution in [0.1, 0.15) is 19.4 Å². The summed E-state index contributed by atoms with van der Waals surface area (Å²) in [5, 5.41) is 12.7. The maximum atomic E-state index is 9.49. The van der Waals surface area contributed by atoms with Gasteiger partial charge in [-0.2, -0.15) is 0 Å². The lowest BCUT2D eigenvalue weighted by Gasteiger charge is -2.18. The van der Waals surface area contributed by atoms with Crippen LogP contribution in [0.2, 0.25) is 0 Å². The highest BCUT2D eigenvalue weighted by Crippen LogP contribution is 2.11. The Morgan fingerprint density at radius 3 is 2.62 bits per heavy atom. The molecule has 0 unspecified atom stereocenters. The summed E-state index contributed by atoms with van der Waals surface area (Å²) in [7, 11) is 0. The summed E-state index contributed by atoms with van der Waals surface area (Å²) in [4.78, 5) is 0. The molecule has 0 radical (unpaired) electrons. The Hall–Kier alpha value is -1.02. The fourth-order valence-corrected chi connectivity index (χ4v) is 1.07. The van der Waals surface area contributed by atoms with Gasteiger partial charge in [0.25, 0.3) is 0 Å². The minimum absolute atomic E-state index is 0.566. The Morgan fingerprint density at radius 1 is 1.38 bits per heavy atom. The Morgan fingerprint density at radius 2 is 2.08 bits per heavy atom. The van der Waals surface area contributed by atoms with Crippen molar-refractivity contribution in [3.05, 3.63) is 29.8 Å². The van der Waals surface area contributed by atoms with Crippen molar-refractivity contribution in [3.63, 3.8) is 0 Å². The molecular formula is C11H17NO. The molecule has 2 N–H and O–H groups in total. The van der Waals surface area contributed by atoms with Crippen LogP contribution in [0.4, 0.5) is 5.69 Å². The number of aliphatic hydroxyl groups is 1. The molecule has 2 heteroatoms. The fraction of sp³-hybridized carbons (Fsp3) is 0.455. The monoisotopic (exact) mass is 179 g/mol. The molecule has 0 saturated heterocycles. The van der Waals surface area contributed by atoms with Gasteiger partial charge in [0.1, 0.15) is 0 Å². The van der Waals surface area contributed by atoms with Crippen LogP contribution in [0, 0.1) is 6.92 Å². The summed E-state index contributed by atoms with van der Waals surface area (Å²) in [6, 6.07) is 8.11. The molecule has 0 bridgehead atoms. The number of nitrogens with one attached hydrogen (secondary N) is 1. The van der Waals surface area contributed by atoms with Crippen LogP contribution >= 0.6 is 0 Å². The van der Waals surface area contributed by atoms with E-state index in [1.807, 2.05) is 12.1 Å². The molecule has 2 nitrogen and oxygen atoms in total. The first-order chi connectivity index (χ1) is 5.97. The van der Waals surface area contributed by atoms with Crippen molar-refractivity contribution >= 4 is 5.69 Å². The third-order valence-corrected chi connectivity index (χ3v) is 1.74. The van der Waals surface area contributed by atoms with Crippen molar-refractivity contribution in [1.29, 1.82) is 0 Å². The minimum atomic E-state index is -0.663. The van der Waals surface area contributed by atoms with Gasteiger partial charge in [-0.15, -0.1) is 0 Å². The first kappa shape index (κ1) is 10.1. The van der Waals surface area contributed by atoms with Gasteiger partial charge in [-0.25, -0.2) is 0 Å². The highest BCUT2D eigenvalue weighted by Gasteiger charge is 2.11. The van der Waals surface area contributed by atoms with Crippen LogP contribution in [-0.2, 0) is 0 Å². The number of hydrogen-bond acceptors (Lipinski definition) is 2. The molecule has 0 atom stereocenters. The molecule has 0 saturated carbocycles. The number of rotatable bonds is 3. The Labute approximate surface area is 79.6 Å². The van der Waals surface area contributed by atoms with Crippen molar-refractivity contribution in [1.82, 2.24) is 0 Å². The van der Waals surface area contributed by atoms with Gasteiger partial charge in [-0.05, 0) is 38.5 Å². The summed E-state index contributed by atoms with van der Waals surface area (Å²) in [6.07, 6.45) is 0. The van der Waals surface area contributed by atoms with E-state index in [0.29, 0.717) is 6.54 Å². The summed E-state index contributed by atoms with van der Waals surface area (Å²) >= 11 is 0. The van der Waals surface area contributed by atoms with Crippen LogP contribution in [0.25, 0.3) is 0 Å².